The number of carbonyl (C=O) groups is 5. The highest BCUT2D eigenvalue weighted by Crippen LogP contribution is 2.37. The first-order valence-corrected chi connectivity index (χ1v) is 16.5. The van der Waals surface area contributed by atoms with Gasteiger partial charge in [0, 0.05) is 35.8 Å². The Balaban J connectivity index is 2.10. The number of amides is 1. The number of benzene rings is 1. The van der Waals surface area contributed by atoms with E-state index in [2.05, 4.69) is 5.32 Å². The number of allylic oxidation sites excluding steroid dienone is 7. The van der Waals surface area contributed by atoms with Gasteiger partial charge in [0.05, 0.1) is 36.0 Å². The van der Waals surface area contributed by atoms with E-state index in [1.54, 1.807) is 45.1 Å². The van der Waals surface area contributed by atoms with Gasteiger partial charge in [-0.15, -0.1) is 0 Å². The van der Waals surface area contributed by atoms with Crippen LogP contribution in [0.15, 0.2) is 83.7 Å². The zero-order valence-corrected chi connectivity index (χ0v) is 29.2. The van der Waals surface area contributed by atoms with Gasteiger partial charge in [0.15, 0.2) is 17.3 Å². The summed E-state index contributed by atoms with van der Waals surface area (Å²) in [7, 11) is 0. The molecule has 4 bridgehead atoms. The summed E-state index contributed by atoms with van der Waals surface area (Å²) >= 11 is 0. The van der Waals surface area contributed by atoms with E-state index in [0.29, 0.717) is 5.57 Å². The average molecular weight is 704 g/mol. The first kappa shape index (κ1) is 40.4. The number of carbonyl (C=O) groups excluding carboxylic acids is 5. The fourth-order valence-corrected chi connectivity index (χ4v) is 5.53. The van der Waals surface area contributed by atoms with Crippen LogP contribution in [0.25, 0.3) is 5.76 Å². The number of hydrogen-bond acceptors (Lipinski definition) is 11. The first-order chi connectivity index (χ1) is 24.0. The quantitative estimate of drug-likeness (QED) is 0.166. The molecular weight excluding hydrogens is 658 g/mol. The highest BCUT2D eigenvalue weighted by Gasteiger charge is 2.39. The van der Waals surface area contributed by atoms with Gasteiger partial charge in [0.25, 0.3) is 5.78 Å². The lowest BCUT2D eigenvalue weighted by atomic mass is 9.82. The Hall–Kier alpha value is -5.01. The lowest BCUT2D eigenvalue weighted by Crippen LogP contribution is -2.35. The van der Waals surface area contributed by atoms with E-state index in [-0.39, 0.29) is 35.3 Å². The van der Waals surface area contributed by atoms with Crippen molar-refractivity contribution in [3.63, 3.8) is 0 Å². The number of nitrogens with one attached hydrogen (secondary N) is 1. The number of phenolic OH excluding ortho intramolecular Hbond substituents is 1. The molecule has 2 aliphatic heterocycles. The summed E-state index contributed by atoms with van der Waals surface area (Å²) < 4.78 is 0. The number of aliphatic hydroxyl groups excluding tert-OH is 5. The number of phenols is 1. The maximum atomic E-state index is 13.8. The van der Waals surface area contributed by atoms with E-state index >= 15 is 0 Å². The SMILES string of the molecule is C/C1=C\C[C@H](O)/C=C\[C@H](C)[C@H](O)[C@@H](CO)/C=C(\C)C(=O)c2c(O)c(C)cc3c2C(=O)C(=O)C(=C3O)NC(=O)/C=C/C=C\C=C/[C@H](C)[C@@H](O)CC1=O. The smallest absolute Gasteiger partial charge is 0.253 e. The number of aromatic hydroxyl groups is 1. The lowest BCUT2D eigenvalue weighted by Gasteiger charge is -2.24. The molecule has 272 valence electrons. The van der Waals surface area contributed by atoms with Crippen molar-refractivity contribution < 1.29 is 54.6 Å². The van der Waals surface area contributed by atoms with Crippen LogP contribution in [0, 0.1) is 24.7 Å². The average Bonchev–Trinajstić information content (AvgIpc) is 3.10. The molecule has 3 aliphatic rings. The van der Waals surface area contributed by atoms with Crippen LogP contribution in [-0.2, 0) is 14.4 Å². The largest absolute Gasteiger partial charge is 0.507 e. The van der Waals surface area contributed by atoms with E-state index in [9.17, 15) is 54.6 Å². The van der Waals surface area contributed by atoms with E-state index in [1.165, 1.54) is 50.3 Å². The molecule has 0 spiro atoms. The molecule has 0 aromatic heterocycles. The second-order valence-corrected chi connectivity index (χ2v) is 12.8. The third kappa shape index (κ3) is 9.83. The zero-order chi connectivity index (χ0) is 38.2. The molecule has 7 N–H and O–H groups in total. The molecule has 2 heterocycles. The van der Waals surface area contributed by atoms with Gasteiger partial charge < -0.3 is 36.0 Å². The van der Waals surface area contributed by atoms with Crippen molar-refractivity contribution >= 4 is 34.8 Å². The maximum Gasteiger partial charge on any atom is 0.253 e. The van der Waals surface area contributed by atoms with Crippen molar-refractivity contribution in [1.29, 1.82) is 0 Å². The molecule has 6 atom stereocenters. The molecule has 51 heavy (non-hydrogen) atoms. The predicted octanol–water partition coefficient (Wildman–Crippen LogP) is 3.44. The molecule has 1 amide bonds. The van der Waals surface area contributed by atoms with Gasteiger partial charge in [0.1, 0.15) is 11.4 Å². The highest BCUT2D eigenvalue weighted by molar-refractivity contribution is 6.53. The van der Waals surface area contributed by atoms with Gasteiger partial charge in [-0.3, -0.25) is 24.0 Å². The molecule has 0 saturated carbocycles. The van der Waals surface area contributed by atoms with Crippen LogP contribution in [-0.4, -0.2) is 84.6 Å². The minimum absolute atomic E-state index is 0.0741. The van der Waals surface area contributed by atoms with E-state index < -0.39 is 94.3 Å². The Bertz CT molecular complexity index is 1790. The predicted molar refractivity (Wildman–Crippen MR) is 189 cm³/mol. The summed E-state index contributed by atoms with van der Waals surface area (Å²) in [6.45, 7) is 7.05. The van der Waals surface area contributed by atoms with Crippen LogP contribution in [0.4, 0.5) is 0 Å². The summed E-state index contributed by atoms with van der Waals surface area (Å²) in [5.74, 6) is -8.16. The summed E-state index contributed by atoms with van der Waals surface area (Å²) in [5, 5.41) is 66.4. The zero-order valence-electron chi connectivity index (χ0n) is 29.2. The van der Waals surface area contributed by atoms with Crippen molar-refractivity contribution in [2.24, 2.45) is 17.8 Å². The molecule has 0 unspecified atom stereocenters. The summed E-state index contributed by atoms with van der Waals surface area (Å²) in [6.07, 6.45) is 11.1. The Kier molecular flexibility index (Phi) is 14.1. The molecule has 0 fully saturated rings. The maximum absolute atomic E-state index is 13.8. The number of aliphatic hydroxyl groups is 5. The number of rotatable bonds is 1. The minimum Gasteiger partial charge on any atom is -0.507 e. The monoisotopic (exact) mass is 703 g/mol. The van der Waals surface area contributed by atoms with Crippen LogP contribution < -0.4 is 5.32 Å². The Labute approximate surface area is 296 Å². The minimum atomic E-state index is -1.33. The van der Waals surface area contributed by atoms with Crippen LogP contribution in [0.5, 0.6) is 5.75 Å². The van der Waals surface area contributed by atoms with Gasteiger partial charge in [-0.25, -0.2) is 0 Å². The van der Waals surface area contributed by atoms with Crippen LogP contribution >= 0.6 is 0 Å². The number of ketones is 4. The van der Waals surface area contributed by atoms with Crippen molar-refractivity contribution in [1.82, 2.24) is 5.32 Å². The molecule has 1 aromatic rings. The second-order valence-electron chi connectivity index (χ2n) is 12.8. The third-order valence-electron chi connectivity index (χ3n) is 8.87. The van der Waals surface area contributed by atoms with Gasteiger partial charge in [-0.05, 0) is 50.0 Å². The van der Waals surface area contributed by atoms with Crippen molar-refractivity contribution in [3.05, 3.63) is 106 Å². The second kappa shape index (κ2) is 17.8. The Morgan fingerprint density at radius 1 is 0.784 bits per heavy atom. The van der Waals surface area contributed by atoms with Crippen molar-refractivity contribution in [2.45, 2.75) is 65.8 Å². The molecule has 1 aromatic carbocycles. The van der Waals surface area contributed by atoms with Crippen molar-refractivity contribution in [2.75, 3.05) is 6.61 Å². The fraction of sp³-hybridized carbons (Fsp3) is 0.359. The normalized spacial score (nSPS) is 31.0. The molecule has 0 saturated heterocycles. The third-order valence-corrected chi connectivity index (χ3v) is 8.87. The Morgan fingerprint density at radius 3 is 2.12 bits per heavy atom. The fourth-order valence-electron chi connectivity index (χ4n) is 5.53. The summed E-state index contributed by atoms with van der Waals surface area (Å²) in [6, 6.07) is 1.20. The lowest BCUT2D eigenvalue weighted by molar-refractivity contribution is -0.118. The standard InChI is InChI=1S/C39H45NO11/c1-20-10-8-6-7-9-11-30(45)40-33-37(49)27-17-24(5)36(48)32(31(27)38(50)39(33)51)35(47)23(4)16-25(19-41)34(46)22(3)13-15-26(42)14-12-21(2)29(44)18-28(20)43/h6-13,15-17,20,22,25-26,28,34,41-43,46,48-49H,14,18-19H2,1-5H3,(H,40,45)/b7-6-,10-8-,11-9+,15-13-,21-12+,23-16+/t20-,22-,25+,26-,28-,34-/m0/s1. The van der Waals surface area contributed by atoms with Crippen molar-refractivity contribution in [3.8, 4) is 5.75 Å². The molecule has 12 heteroatoms. The van der Waals surface area contributed by atoms with E-state index in [4.69, 9.17) is 0 Å². The van der Waals surface area contributed by atoms with Gasteiger partial charge in [-0.1, -0.05) is 68.5 Å². The highest BCUT2D eigenvalue weighted by atomic mass is 16.3. The molecule has 12 nitrogen and oxygen atoms in total. The summed E-state index contributed by atoms with van der Waals surface area (Å²) in [4.78, 5) is 65.6. The Morgan fingerprint density at radius 2 is 1.45 bits per heavy atom. The number of Topliss-reactive ketones (excluding diaryl/α,β-unsaturated/α-hetero) is 4. The summed E-state index contributed by atoms with van der Waals surface area (Å²) in [5.41, 5.74) is -1.79. The van der Waals surface area contributed by atoms with Gasteiger partial charge in [-0.2, -0.15) is 0 Å². The number of hydrogen-bond donors (Lipinski definition) is 7. The first-order valence-electron chi connectivity index (χ1n) is 16.5. The molecule has 0 radical (unpaired) electrons. The van der Waals surface area contributed by atoms with E-state index in [1.807, 2.05) is 0 Å². The van der Waals surface area contributed by atoms with Gasteiger partial charge >= 0.3 is 0 Å². The van der Waals surface area contributed by atoms with E-state index in [0.717, 1.165) is 6.08 Å². The number of fused-ring (bicyclic) bond motifs is 18. The van der Waals surface area contributed by atoms with Gasteiger partial charge in [0.2, 0.25) is 11.7 Å². The molecular formula is C39H45NO11. The van der Waals surface area contributed by atoms with Crippen LogP contribution in [0.2, 0.25) is 0 Å². The molecule has 4 rings (SSSR count). The number of aryl methyl sites for hydroxylation is 1. The van der Waals surface area contributed by atoms with Crippen LogP contribution in [0.3, 0.4) is 0 Å². The van der Waals surface area contributed by atoms with Crippen LogP contribution in [0.1, 0.15) is 72.4 Å². The topological polar surface area (TPSA) is 219 Å². The molecule has 1 aliphatic carbocycles.